The molecule has 2 fully saturated rings. The number of nitrogens with two attached hydrogens (primary N) is 1. The second kappa shape index (κ2) is 5.25. The molecule has 0 bridgehead atoms. The van der Waals surface area contributed by atoms with Crippen molar-refractivity contribution in [3.63, 3.8) is 0 Å². The van der Waals surface area contributed by atoms with Gasteiger partial charge in [0.25, 0.3) is 0 Å². The summed E-state index contributed by atoms with van der Waals surface area (Å²) in [6, 6.07) is 0.670. The highest BCUT2D eigenvalue weighted by Gasteiger charge is 2.39. The fourth-order valence-electron chi connectivity index (χ4n) is 2.86. The van der Waals surface area contributed by atoms with E-state index in [1.165, 1.54) is 44.0 Å². The Hall–Kier alpha value is 0.230. The minimum Gasteiger partial charge on any atom is -0.329 e. The molecule has 2 aliphatic heterocycles. The lowest BCUT2D eigenvalue weighted by atomic mass is 9.91. The Labute approximate surface area is 104 Å². The summed E-state index contributed by atoms with van der Waals surface area (Å²) in [4.78, 5) is 5.13. The summed E-state index contributed by atoms with van der Waals surface area (Å²) in [6.07, 6.45) is 2.63. The maximum atomic E-state index is 6.08. The third-order valence-electron chi connectivity index (χ3n) is 4.31. The van der Waals surface area contributed by atoms with Crippen molar-refractivity contribution in [2.45, 2.75) is 31.3 Å². The van der Waals surface area contributed by atoms with E-state index in [-0.39, 0.29) is 0 Å². The number of thioether (sulfide) groups is 1. The molecule has 2 N–H and O–H groups in total. The summed E-state index contributed by atoms with van der Waals surface area (Å²) in [5, 5.41) is 0. The average Bonchev–Trinajstić information content (AvgIpc) is 2.33. The highest BCUT2D eigenvalue weighted by molar-refractivity contribution is 7.99. The van der Waals surface area contributed by atoms with Crippen LogP contribution in [0.5, 0.6) is 0 Å². The van der Waals surface area contributed by atoms with E-state index >= 15 is 0 Å². The zero-order valence-electron chi connectivity index (χ0n) is 10.6. The second-order valence-electron chi connectivity index (χ2n) is 5.36. The third-order valence-corrected chi connectivity index (χ3v) is 5.63. The molecule has 0 spiro atoms. The largest absolute Gasteiger partial charge is 0.329 e. The summed E-state index contributed by atoms with van der Waals surface area (Å²) in [6.45, 7) is 6.73. The number of nitrogens with zero attached hydrogens (tertiary/aromatic N) is 2. The average molecular weight is 243 g/mol. The molecule has 0 aromatic heterocycles. The SMILES string of the molecule is CC1CN(C2(CN)CCCSC2)CCN1C. The molecule has 0 radical (unpaired) electrons. The van der Waals surface area contributed by atoms with Crippen LogP contribution >= 0.6 is 11.8 Å². The van der Waals surface area contributed by atoms with Crippen molar-refractivity contribution in [3.05, 3.63) is 0 Å². The summed E-state index contributed by atoms with van der Waals surface area (Å²) in [5.41, 5.74) is 6.38. The van der Waals surface area contributed by atoms with Crippen LogP contribution in [0.3, 0.4) is 0 Å². The van der Waals surface area contributed by atoms with Gasteiger partial charge in [0.05, 0.1) is 0 Å². The van der Waals surface area contributed by atoms with E-state index in [1.54, 1.807) is 0 Å². The van der Waals surface area contributed by atoms with Crippen LogP contribution in [-0.4, -0.2) is 66.1 Å². The minimum atomic E-state index is 0.304. The number of piperazine rings is 1. The highest BCUT2D eigenvalue weighted by Crippen LogP contribution is 2.32. The van der Waals surface area contributed by atoms with E-state index in [9.17, 15) is 0 Å². The van der Waals surface area contributed by atoms with E-state index in [0.29, 0.717) is 11.6 Å². The molecule has 2 aliphatic rings. The van der Waals surface area contributed by atoms with E-state index in [0.717, 1.165) is 6.54 Å². The van der Waals surface area contributed by atoms with Gasteiger partial charge in [-0.05, 0) is 32.6 Å². The molecule has 2 rings (SSSR count). The van der Waals surface area contributed by atoms with Crippen LogP contribution in [0, 0.1) is 0 Å². The van der Waals surface area contributed by atoms with Gasteiger partial charge in [0.15, 0.2) is 0 Å². The van der Waals surface area contributed by atoms with Crippen LogP contribution in [0.15, 0.2) is 0 Å². The van der Waals surface area contributed by atoms with Crippen molar-refractivity contribution < 1.29 is 0 Å². The van der Waals surface area contributed by atoms with Gasteiger partial charge in [-0.2, -0.15) is 11.8 Å². The Bertz CT molecular complexity index is 228. The van der Waals surface area contributed by atoms with Crippen LogP contribution in [0.1, 0.15) is 19.8 Å². The molecule has 16 heavy (non-hydrogen) atoms. The molecule has 0 aromatic rings. The normalized spacial score (nSPS) is 38.8. The first-order chi connectivity index (χ1) is 7.68. The first kappa shape index (κ1) is 12.7. The molecule has 2 saturated heterocycles. The standard InChI is InChI=1S/C12H25N3S/c1-11-8-15(6-5-14(11)2)12(9-13)4-3-7-16-10-12/h11H,3-10,13H2,1-2H3. The lowest BCUT2D eigenvalue weighted by Gasteiger charge is -2.50. The van der Waals surface area contributed by atoms with Crippen LogP contribution in [0.25, 0.3) is 0 Å². The predicted octanol–water partition coefficient (Wildman–Crippen LogP) is 0.847. The molecule has 2 atom stereocenters. The molecule has 4 heteroatoms. The van der Waals surface area contributed by atoms with Crippen molar-refractivity contribution in [3.8, 4) is 0 Å². The van der Waals surface area contributed by atoms with E-state index in [1.807, 2.05) is 0 Å². The van der Waals surface area contributed by atoms with Gasteiger partial charge >= 0.3 is 0 Å². The van der Waals surface area contributed by atoms with Crippen LogP contribution in [-0.2, 0) is 0 Å². The van der Waals surface area contributed by atoms with Gasteiger partial charge in [-0.3, -0.25) is 4.90 Å². The second-order valence-corrected chi connectivity index (χ2v) is 6.47. The Balaban J connectivity index is 2.03. The van der Waals surface area contributed by atoms with Gasteiger partial charge in [-0.1, -0.05) is 0 Å². The van der Waals surface area contributed by atoms with Crippen LogP contribution < -0.4 is 5.73 Å². The smallest absolute Gasteiger partial charge is 0.0423 e. The fraction of sp³-hybridized carbons (Fsp3) is 1.00. The summed E-state index contributed by atoms with van der Waals surface area (Å²) >= 11 is 2.09. The molecule has 3 nitrogen and oxygen atoms in total. The van der Waals surface area contributed by atoms with E-state index in [4.69, 9.17) is 5.73 Å². The Morgan fingerprint density at radius 3 is 2.81 bits per heavy atom. The van der Waals surface area contributed by atoms with E-state index < -0.39 is 0 Å². The topological polar surface area (TPSA) is 32.5 Å². The predicted molar refractivity (Wildman–Crippen MR) is 72.0 cm³/mol. The molecule has 0 saturated carbocycles. The molecule has 0 amide bonds. The minimum absolute atomic E-state index is 0.304. The van der Waals surface area contributed by atoms with Gasteiger partial charge in [0.1, 0.15) is 0 Å². The Kier molecular flexibility index (Phi) is 4.16. The zero-order valence-corrected chi connectivity index (χ0v) is 11.4. The maximum absolute atomic E-state index is 6.08. The van der Waals surface area contributed by atoms with Gasteiger partial charge in [0, 0.05) is 43.5 Å². The number of rotatable bonds is 2. The van der Waals surface area contributed by atoms with Crippen LogP contribution in [0.2, 0.25) is 0 Å². The summed E-state index contributed by atoms with van der Waals surface area (Å²) in [5.74, 6) is 2.56. The van der Waals surface area contributed by atoms with Gasteiger partial charge in [-0.25, -0.2) is 0 Å². The lowest BCUT2D eigenvalue weighted by Crippen LogP contribution is -2.63. The Morgan fingerprint density at radius 2 is 2.25 bits per heavy atom. The number of likely N-dealkylation sites (N-methyl/N-ethyl adjacent to an activating group) is 1. The van der Waals surface area contributed by atoms with Gasteiger partial charge < -0.3 is 10.6 Å². The monoisotopic (exact) mass is 243 g/mol. The quantitative estimate of drug-likeness (QED) is 0.779. The zero-order chi connectivity index (χ0) is 11.6. The van der Waals surface area contributed by atoms with Crippen molar-refractivity contribution in [2.24, 2.45) is 5.73 Å². The third kappa shape index (κ3) is 2.40. The van der Waals surface area contributed by atoms with Gasteiger partial charge in [0.2, 0.25) is 0 Å². The van der Waals surface area contributed by atoms with Crippen molar-refractivity contribution in [1.29, 1.82) is 0 Å². The lowest BCUT2D eigenvalue weighted by molar-refractivity contribution is 0.0240. The molecule has 2 unspecified atom stereocenters. The van der Waals surface area contributed by atoms with Crippen molar-refractivity contribution >= 4 is 11.8 Å². The highest BCUT2D eigenvalue weighted by atomic mass is 32.2. The Morgan fingerprint density at radius 1 is 1.44 bits per heavy atom. The number of hydrogen-bond donors (Lipinski definition) is 1. The summed E-state index contributed by atoms with van der Waals surface area (Å²) in [7, 11) is 2.23. The van der Waals surface area contributed by atoms with Crippen molar-refractivity contribution in [1.82, 2.24) is 9.80 Å². The molecule has 0 aromatic carbocycles. The number of hydrogen-bond acceptors (Lipinski definition) is 4. The molecule has 94 valence electrons. The van der Waals surface area contributed by atoms with E-state index in [2.05, 4.69) is 35.5 Å². The molecular weight excluding hydrogens is 218 g/mol. The molecular formula is C12H25N3S. The van der Waals surface area contributed by atoms with Gasteiger partial charge in [-0.15, -0.1) is 0 Å². The first-order valence-electron chi connectivity index (χ1n) is 6.41. The maximum Gasteiger partial charge on any atom is 0.0423 e. The van der Waals surface area contributed by atoms with Crippen LogP contribution in [0.4, 0.5) is 0 Å². The molecule has 2 heterocycles. The molecule has 0 aliphatic carbocycles. The first-order valence-corrected chi connectivity index (χ1v) is 7.56. The summed E-state index contributed by atoms with van der Waals surface area (Å²) < 4.78 is 0. The van der Waals surface area contributed by atoms with Crippen molar-refractivity contribution in [2.75, 3.05) is 44.7 Å². The fourth-order valence-corrected chi connectivity index (χ4v) is 4.17.